The summed E-state index contributed by atoms with van der Waals surface area (Å²) in [6.45, 7) is 8.28. The second kappa shape index (κ2) is 6.15. The summed E-state index contributed by atoms with van der Waals surface area (Å²) in [5.74, 6) is 0.256. The van der Waals surface area contributed by atoms with Crippen LogP contribution in [-0.2, 0) is 10.0 Å². The standard InChI is InChI=1S/C13H20N4O2S/c1-10(13(2,3)4)15-9-16-11-6-7-12(14-8-11)17-20(5,18)19/h6-8,10H,1-5H3,(H,14,17). The summed E-state index contributed by atoms with van der Waals surface area (Å²) in [4.78, 5) is 12.2. The second-order valence-corrected chi connectivity index (χ2v) is 7.41. The Labute approximate surface area is 120 Å². The third-order valence-electron chi connectivity index (χ3n) is 2.72. The van der Waals surface area contributed by atoms with Crippen LogP contribution in [0.4, 0.5) is 11.5 Å². The molecule has 20 heavy (non-hydrogen) atoms. The van der Waals surface area contributed by atoms with E-state index in [1.807, 2.05) is 6.92 Å². The third kappa shape index (κ3) is 5.95. The van der Waals surface area contributed by atoms with E-state index in [1.54, 1.807) is 6.07 Å². The highest BCUT2D eigenvalue weighted by atomic mass is 32.2. The Bertz CT molecular complexity index is 609. The normalized spacial score (nSPS) is 13.2. The molecule has 1 atom stereocenters. The van der Waals surface area contributed by atoms with E-state index >= 15 is 0 Å². The molecular weight excluding hydrogens is 276 g/mol. The van der Waals surface area contributed by atoms with Crippen LogP contribution in [0.15, 0.2) is 28.3 Å². The van der Waals surface area contributed by atoms with E-state index in [0.29, 0.717) is 5.69 Å². The molecule has 1 rings (SSSR count). The zero-order valence-electron chi connectivity index (χ0n) is 12.4. The van der Waals surface area contributed by atoms with E-state index in [9.17, 15) is 8.42 Å². The maximum Gasteiger partial charge on any atom is 0.230 e. The molecule has 110 valence electrons. The van der Waals surface area contributed by atoms with Crippen LogP contribution in [0.3, 0.4) is 0 Å². The van der Waals surface area contributed by atoms with Gasteiger partial charge in [0, 0.05) is 0 Å². The van der Waals surface area contributed by atoms with Gasteiger partial charge >= 0.3 is 0 Å². The number of nitrogens with zero attached hydrogens (tertiary/aromatic N) is 3. The van der Waals surface area contributed by atoms with Crippen molar-refractivity contribution in [1.82, 2.24) is 4.98 Å². The molecule has 0 bridgehead atoms. The molecule has 7 heteroatoms. The lowest BCUT2D eigenvalue weighted by molar-refractivity contribution is 0.342. The molecule has 1 N–H and O–H groups in total. The minimum atomic E-state index is -3.31. The highest BCUT2D eigenvalue weighted by Crippen LogP contribution is 2.21. The first kappa shape index (κ1) is 16.3. The quantitative estimate of drug-likeness (QED) is 0.867. The second-order valence-electron chi connectivity index (χ2n) is 5.66. The van der Waals surface area contributed by atoms with Gasteiger partial charge in [0.15, 0.2) is 0 Å². The van der Waals surface area contributed by atoms with Crippen molar-refractivity contribution in [3.8, 4) is 0 Å². The van der Waals surface area contributed by atoms with Crippen LogP contribution in [0.5, 0.6) is 0 Å². The zero-order chi connectivity index (χ0) is 15.4. The van der Waals surface area contributed by atoms with E-state index in [0.717, 1.165) is 6.26 Å². The predicted molar refractivity (Wildman–Crippen MR) is 81.1 cm³/mol. The van der Waals surface area contributed by atoms with Gasteiger partial charge in [0.1, 0.15) is 5.82 Å². The minimum Gasteiger partial charge on any atom is -0.268 e. The number of hydrogen-bond donors (Lipinski definition) is 1. The summed E-state index contributed by atoms with van der Waals surface area (Å²) < 4.78 is 24.3. The number of aliphatic imine (C=N–C) groups is 2. The average molecular weight is 296 g/mol. The molecule has 1 unspecified atom stereocenters. The summed E-state index contributed by atoms with van der Waals surface area (Å²) in [6, 6.07) is 5.93. The van der Waals surface area contributed by atoms with Crippen LogP contribution in [0, 0.1) is 5.41 Å². The van der Waals surface area contributed by atoms with E-state index in [-0.39, 0.29) is 17.3 Å². The lowest BCUT2D eigenvalue weighted by atomic mass is 9.89. The van der Waals surface area contributed by atoms with Crippen LogP contribution < -0.4 is 4.72 Å². The Hall–Kier alpha value is -1.72. The number of rotatable bonds is 4. The van der Waals surface area contributed by atoms with E-state index in [1.165, 1.54) is 12.3 Å². The molecular formula is C13H20N4O2S. The van der Waals surface area contributed by atoms with Gasteiger partial charge < -0.3 is 0 Å². The van der Waals surface area contributed by atoms with Gasteiger partial charge in [0.25, 0.3) is 0 Å². The van der Waals surface area contributed by atoms with Gasteiger partial charge in [0.2, 0.25) is 10.0 Å². The topological polar surface area (TPSA) is 83.8 Å². The number of nitrogens with one attached hydrogen (secondary N) is 1. The lowest BCUT2D eigenvalue weighted by Crippen LogP contribution is -2.20. The monoisotopic (exact) mass is 296 g/mol. The first-order valence-corrected chi connectivity index (χ1v) is 8.06. The van der Waals surface area contributed by atoms with Gasteiger partial charge in [-0.05, 0) is 24.5 Å². The maximum atomic E-state index is 11.0. The summed E-state index contributed by atoms with van der Waals surface area (Å²) in [7, 11) is -3.31. The van der Waals surface area contributed by atoms with Gasteiger partial charge in [-0.15, -0.1) is 0 Å². The molecule has 6 nitrogen and oxygen atoms in total. The van der Waals surface area contributed by atoms with Crippen molar-refractivity contribution >= 4 is 27.5 Å². The number of sulfonamides is 1. The van der Waals surface area contributed by atoms with Crippen LogP contribution in [0.25, 0.3) is 0 Å². The first-order chi connectivity index (χ1) is 9.08. The van der Waals surface area contributed by atoms with Gasteiger partial charge in [-0.25, -0.2) is 18.4 Å². The summed E-state index contributed by atoms with van der Waals surface area (Å²) >= 11 is 0. The predicted octanol–water partition coefficient (Wildman–Crippen LogP) is 2.69. The molecule has 0 aliphatic carbocycles. The van der Waals surface area contributed by atoms with Crippen molar-refractivity contribution in [2.45, 2.75) is 33.7 Å². The Morgan fingerprint density at radius 1 is 1.35 bits per heavy atom. The van der Waals surface area contributed by atoms with Crippen molar-refractivity contribution in [2.24, 2.45) is 15.4 Å². The van der Waals surface area contributed by atoms with E-state index < -0.39 is 10.0 Å². The van der Waals surface area contributed by atoms with Crippen molar-refractivity contribution < 1.29 is 8.42 Å². The lowest BCUT2D eigenvalue weighted by Gasteiger charge is -2.21. The van der Waals surface area contributed by atoms with Crippen LogP contribution in [-0.4, -0.2) is 31.7 Å². The Morgan fingerprint density at radius 2 is 2.00 bits per heavy atom. The highest BCUT2D eigenvalue weighted by Gasteiger charge is 2.18. The fourth-order valence-corrected chi connectivity index (χ4v) is 1.57. The van der Waals surface area contributed by atoms with Crippen molar-refractivity contribution in [3.63, 3.8) is 0 Å². The smallest absolute Gasteiger partial charge is 0.230 e. The van der Waals surface area contributed by atoms with Gasteiger partial charge in [-0.2, -0.15) is 4.99 Å². The molecule has 1 aromatic rings. The van der Waals surface area contributed by atoms with Crippen LogP contribution in [0.1, 0.15) is 27.7 Å². The maximum absolute atomic E-state index is 11.0. The molecule has 0 radical (unpaired) electrons. The van der Waals surface area contributed by atoms with E-state index in [2.05, 4.69) is 46.5 Å². The van der Waals surface area contributed by atoms with Crippen molar-refractivity contribution in [1.29, 1.82) is 0 Å². The minimum absolute atomic E-state index is 0.0596. The number of hydrogen-bond acceptors (Lipinski definition) is 5. The highest BCUT2D eigenvalue weighted by molar-refractivity contribution is 7.92. The molecule has 0 aliphatic rings. The van der Waals surface area contributed by atoms with Crippen molar-refractivity contribution in [2.75, 3.05) is 11.0 Å². The third-order valence-corrected chi connectivity index (χ3v) is 3.30. The molecule has 0 spiro atoms. The van der Waals surface area contributed by atoms with Gasteiger partial charge in [-0.1, -0.05) is 20.8 Å². The summed E-state index contributed by atoms with van der Waals surface area (Å²) in [5, 5.41) is 0. The first-order valence-electron chi connectivity index (χ1n) is 6.17. The molecule has 0 amide bonds. The van der Waals surface area contributed by atoms with Gasteiger partial charge in [0.05, 0.1) is 30.2 Å². The Morgan fingerprint density at radius 3 is 2.45 bits per heavy atom. The van der Waals surface area contributed by atoms with Crippen LogP contribution >= 0.6 is 0 Å². The Balaban J connectivity index is 2.78. The largest absolute Gasteiger partial charge is 0.268 e. The summed E-state index contributed by atoms with van der Waals surface area (Å²) in [6.07, 6.45) is 2.53. The number of aromatic nitrogens is 1. The fraction of sp³-hybridized carbons (Fsp3) is 0.538. The summed E-state index contributed by atoms with van der Waals surface area (Å²) in [5.41, 5.74) is 0.623. The van der Waals surface area contributed by atoms with Gasteiger partial charge in [-0.3, -0.25) is 4.72 Å². The van der Waals surface area contributed by atoms with Crippen molar-refractivity contribution in [3.05, 3.63) is 18.3 Å². The molecule has 0 fully saturated rings. The number of pyridine rings is 1. The Kier molecular flexibility index (Phi) is 5.03. The fourth-order valence-electron chi connectivity index (χ4n) is 1.07. The zero-order valence-corrected chi connectivity index (χ0v) is 13.2. The van der Waals surface area contributed by atoms with E-state index in [4.69, 9.17) is 0 Å². The molecule has 0 saturated carbocycles. The molecule has 1 aromatic heterocycles. The average Bonchev–Trinajstić information content (AvgIpc) is 2.28. The SMILES string of the molecule is CC(N=C=Nc1ccc(NS(C)(=O)=O)nc1)C(C)(C)C. The number of anilines is 1. The molecule has 0 saturated heterocycles. The van der Waals surface area contributed by atoms with Crippen LogP contribution in [0.2, 0.25) is 0 Å². The molecule has 0 aliphatic heterocycles. The molecule has 0 aromatic carbocycles. The molecule has 1 heterocycles.